The summed E-state index contributed by atoms with van der Waals surface area (Å²) in [5, 5.41) is 2.21. The number of benzene rings is 2. The summed E-state index contributed by atoms with van der Waals surface area (Å²) in [5.74, 6) is 1.73. The van der Waals surface area contributed by atoms with Crippen molar-refractivity contribution in [3.05, 3.63) is 71.9 Å². The van der Waals surface area contributed by atoms with Gasteiger partial charge >= 0.3 is 0 Å². The van der Waals surface area contributed by atoms with E-state index in [9.17, 15) is 0 Å². The van der Waals surface area contributed by atoms with Crippen LogP contribution in [0, 0.1) is 0 Å². The summed E-state index contributed by atoms with van der Waals surface area (Å²) in [6.45, 7) is 0. The topological polar surface area (TPSA) is 33.7 Å². The maximum absolute atomic E-state index is 5.29. The Balaban J connectivity index is 1.74. The number of hydrogen-bond donors (Lipinski definition) is 1. The Morgan fingerprint density at radius 2 is 1.40 bits per heavy atom. The second-order valence-corrected chi connectivity index (χ2v) is 6.31. The highest BCUT2D eigenvalue weighted by atomic mass is 16.5. The van der Waals surface area contributed by atoms with Gasteiger partial charge in [0.25, 0.3) is 0 Å². The Hall–Kier alpha value is -2.88. The first kappa shape index (κ1) is 15.6. The van der Waals surface area contributed by atoms with E-state index in [1.807, 2.05) is 24.3 Å². The average molecular weight is 334 g/mol. The molecule has 1 aliphatic heterocycles. The Morgan fingerprint density at radius 1 is 0.840 bits per heavy atom. The van der Waals surface area contributed by atoms with Gasteiger partial charge in [0.1, 0.15) is 11.5 Å². The third-order valence-corrected chi connectivity index (χ3v) is 4.63. The molecular formula is C21H22N2O2. The molecule has 4 nitrogen and oxygen atoms in total. The Morgan fingerprint density at radius 3 is 1.92 bits per heavy atom. The van der Waals surface area contributed by atoms with Gasteiger partial charge in [-0.15, -0.1) is 0 Å². The number of ether oxygens (including phenoxy) is 2. The van der Waals surface area contributed by atoms with Crippen LogP contribution in [0.3, 0.4) is 0 Å². The molecule has 2 aromatic rings. The average Bonchev–Trinajstić information content (AvgIpc) is 3.53. The molecule has 0 radical (unpaired) electrons. The lowest BCUT2D eigenvalue weighted by molar-refractivity contribution is 0.312. The maximum atomic E-state index is 5.29. The summed E-state index contributed by atoms with van der Waals surface area (Å²) in [6, 6.07) is 17.0. The molecule has 0 saturated heterocycles. The molecule has 128 valence electrons. The lowest BCUT2D eigenvalue weighted by Crippen LogP contribution is -2.36. The van der Waals surface area contributed by atoms with Gasteiger partial charge in [-0.1, -0.05) is 12.1 Å². The molecule has 0 spiro atoms. The van der Waals surface area contributed by atoms with Gasteiger partial charge in [0, 0.05) is 23.4 Å². The second-order valence-electron chi connectivity index (χ2n) is 6.31. The molecular weight excluding hydrogens is 312 g/mol. The molecule has 1 N–H and O–H groups in total. The van der Waals surface area contributed by atoms with Gasteiger partial charge in [-0.2, -0.15) is 0 Å². The largest absolute Gasteiger partial charge is 0.497 e. The van der Waals surface area contributed by atoms with Crippen molar-refractivity contribution in [2.75, 3.05) is 14.2 Å². The first-order valence-electron chi connectivity index (χ1n) is 8.55. The van der Waals surface area contributed by atoms with E-state index < -0.39 is 0 Å². The fourth-order valence-electron chi connectivity index (χ4n) is 3.02. The smallest absolute Gasteiger partial charge is 0.118 e. The second kappa shape index (κ2) is 6.55. The van der Waals surface area contributed by atoms with Crippen molar-refractivity contribution in [3.63, 3.8) is 0 Å². The number of nitrogens with one attached hydrogen (secondary N) is 1. The minimum atomic E-state index is 0.599. The molecule has 0 unspecified atom stereocenters. The molecule has 1 fully saturated rings. The monoisotopic (exact) mass is 334 g/mol. The fourth-order valence-corrected chi connectivity index (χ4v) is 3.02. The molecule has 1 saturated carbocycles. The third-order valence-electron chi connectivity index (χ3n) is 4.63. The van der Waals surface area contributed by atoms with E-state index >= 15 is 0 Å². The molecule has 0 aromatic heterocycles. The molecule has 0 amide bonds. The van der Waals surface area contributed by atoms with Crippen LogP contribution in [0.15, 0.2) is 60.8 Å². The first-order chi connectivity index (χ1) is 12.3. The van der Waals surface area contributed by atoms with Crippen molar-refractivity contribution >= 4 is 11.3 Å². The van der Waals surface area contributed by atoms with Crippen molar-refractivity contribution < 1.29 is 9.47 Å². The maximum Gasteiger partial charge on any atom is 0.118 e. The van der Waals surface area contributed by atoms with Crippen molar-refractivity contribution in [3.8, 4) is 11.5 Å². The number of methoxy groups -OCH3 is 2. The summed E-state index contributed by atoms with van der Waals surface area (Å²) < 4.78 is 10.6. The van der Waals surface area contributed by atoms with Crippen LogP contribution in [0.1, 0.15) is 24.0 Å². The van der Waals surface area contributed by atoms with E-state index in [-0.39, 0.29) is 0 Å². The SMILES string of the molecule is COc1ccc(C2=C(c3ccc(OC)cc3)NN(C3CC3)C=C2)cc1. The van der Waals surface area contributed by atoms with E-state index in [1.54, 1.807) is 14.2 Å². The zero-order valence-corrected chi connectivity index (χ0v) is 14.5. The van der Waals surface area contributed by atoms with Crippen LogP contribution in [-0.4, -0.2) is 25.3 Å². The lowest BCUT2D eigenvalue weighted by atomic mass is 9.98. The molecule has 2 aliphatic rings. The Kier molecular flexibility index (Phi) is 4.10. The van der Waals surface area contributed by atoms with E-state index in [4.69, 9.17) is 9.47 Å². The Bertz CT molecular complexity index is 803. The summed E-state index contributed by atoms with van der Waals surface area (Å²) in [6.07, 6.45) is 6.82. The van der Waals surface area contributed by atoms with Gasteiger partial charge in [-0.05, 0) is 60.9 Å². The minimum Gasteiger partial charge on any atom is -0.497 e. The van der Waals surface area contributed by atoms with Crippen LogP contribution in [0.25, 0.3) is 11.3 Å². The first-order valence-corrected chi connectivity index (χ1v) is 8.55. The number of hydrazine groups is 1. The number of rotatable bonds is 5. The standard InChI is InChI=1S/C21H22N2O2/c1-24-18-9-3-15(4-10-18)20-13-14-23(17-7-8-17)22-21(20)16-5-11-19(25-2)12-6-16/h3-6,9-14,17,22H,7-8H2,1-2H3. The van der Waals surface area contributed by atoms with Crippen molar-refractivity contribution in [2.24, 2.45) is 0 Å². The van der Waals surface area contributed by atoms with Crippen molar-refractivity contribution in [2.45, 2.75) is 18.9 Å². The Labute approximate surface area is 148 Å². The van der Waals surface area contributed by atoms with E-state index in [2.05, 4.69) is 47.0 Å². The summed E-state index contributed by atoms with van der Waals surface area (Å²) >= 11 is 0. The molecule has 0 bridgehead atoms. The van der Waals surface area contributed by atoms with Gasteiger partial charge in [0.2, 0.25) is 0 Å². The van der Waals surface area contributed by atoms with E-state index in [0.29, 0.717) is 6.04 Å². The van der Waals surface area contributed by atoms with Crippen LogP contribution in [0.2, 0.25) is 0 Å². The number of hydrogen-bond acceptors (Lipinski definition) is 4. The summed E-state index contributed by atoms with van der Waals surface area (Å²) in [5.41, 5.74) is 8.18. The molecule has 4 heteroatoms. The lowest BCUT2D eigenvalue weighted by Gasteiger charge is -2.30. The van der Waals surface area contributed by atoms with Gasteiger partial charge in [0.15, 0.2) is 0 Å². The normalized spacial score (nSPS) is 16.6. The zero-order chi connectivity index (χ0) is 17.2. The molecule has 1 aliphatic carbocycles. The quantitative estimate of drug-likeness (QED) is 0.894. The molecule has 1 heterocycles. The fraction of sp³-hybridized carbons (Fsp3) is 0.238. The van der Waals surface area contributed by atoms with Gasteiger partial charge in [-0.3, -0.25) is 10.4 Å². The highest BCUT2D eigenvalue weighted by molar-refractivity contribution is 5.95. The summed E-state index contributed by atoms with van der Waals surface area (Å²) in [7, 11) is 3.38. The van der Waals surface area contributed by atoms with Crippen molar-refractivity contribution in [1.29, 1.82) is 0 Å². The van der Waals surface area contributed by atoms with Crippen LogP contribution < -0.4 is 14.9 Å². The minimum absolute atomic E-state index is 0.599. The van der Waals surface area contributed by atoms with Crippen LogP contribution in [0.4, 0.5) is 0 Å². The number of nitrogens with zero attached hydrogens (tertiary/aromatic N) is 1. The van der Waals surface area contributed by atoms with Crippen LogP contribution in [-0.2, 0) is 0 Å². The highest BCUT2D eigenvalue weighted by Crippen LogP contribution is 2.34. The van der Waals surface area contributed by atoms with Crippen LogP contribution in [0.5, 0.6) is 11.5 Å². The van der Waals surface area contributed by atoms with Gasteiger partial charge < -0.3 is 9.47 Å². The van der Waals surface area contributed by atoms with Crippen molar-refractivity contribution in [1.82, 2.24) is 10.4 Å². The van der Waals surface area contributed by atoms with Gasteiger partial charge in [-0.25, -0.2) is 0 Å². The molecule has 2 aromatic carbocycles. The number of allylic oxidation sites excluding steroid dienone is 2. The third kappa shape index (κ3) is 3.20. The zero-order valence-electron chi connectivity index (χ0n) is 14.5. The van der Waals surface area contributed by atoms with E-state index in [1.165, 1.54) is 18.4 Å². The highest BCUT2D eigenvalue weighted by Gasteiger charge is 2.30. The molecule has 25 heavy (non-hydrogen) atoms. The predicted octanol–water partition coefficient (Wildman–Crippen LogP) is 4.07. The van der Waals surface area contributed by atoms with E-state index in [0.717, 1.165) is 28.3 Å². The summed E-state index contributed by atoms with van der Waals surface area (Å²) in [4.78, 5) is 0. The molecule has 4 rings (SSSR count). The molecule has 0 atom stereocenters. The van der Waals surface area contributed by atoms with Crippen LogP contribution >= 0.6 is 0 Å². The van der Waals surface area contributed by atoms with Gasteiger partial charge in [0.05, 0.1) is 19.9 Å². The predicted molar refractivity (Wildman–Crippen MR) is 99.9 cm³/mol.